The van der Waals surface area contributed by atoms with Gasteiger partial charge < -0.3 is 5.32 Å². The van der Waals surface area contributed by atoms with Crippen molar-refractivity contribution in [3.63, 3.8) is 0 Å². The van der Waals surface area contributed by atoms with E-state index in [1.165, 1.54) is 49.9 Å². The maximum Gasteiger partial charge on any atom is 0.240 e. The Labute approximate surface area is 165 Å². The van der Waals surface area contributed by atoms with Gasteiger partial charge in [-0.25, -0.2) is 4.98 Å². The fourth-order valence-electron chi connectivity index (χ4n) is 6.15. The normalized spacial score (nSPS) is 31.4. The Bertz CT molecular complexity index is 796. The Balaban J connectivity index is 1.23. The number of hydrogen-bond donors (Lipinski definition) is 1. The van der Waals surface area contributed by atoms with Crippen LogP contribution in [0, 0.1) is 17.8 Å². The Hall–Kier alpha value is -1.72. The van der Waals surface area contributed by atoms with Crippen molar-refractivity contribution in [3.05, 3.63) is 35.7 Å². The van der Waals surface area contributed by atoms with E-state index in [-0.39, 0.29) is 11.4 Å². The van der Waals surface area contributed by atoms with Gasteiger partial charge in [0.1, 0.15) is 0 Å². The van der Waals surface area contributed by atoms with Crippen molar-refractivity contribution in [1.82, 2.24) is 9.88 Å². The Kier molecular flexibility index (Phi) is 4.32. The summed E-state index contributed by atoms with van der Waals surface area (Å²) in [5.74, 6) is 2.75. The molecule has 1 N–H and O–H groups in total. The first kappa shape index (κ1) is 17.4. The van der Waals surface area contributed by atoms with Crippen LogP contribution in [0.3, 0.4) is 0 Å². The molecule has 4 aliphatic carbocycles. The summed E-state index contributed by atoms with van der Waals surface area (Å²) in [6.07, 6.45) is 8.16. The van der Waals surface area contributed by atoms with Crippen molar-refractivity contribution >= 4 is 22.4 Å². The summed E-state index contributed by atoms with van der Waals surface area (Å²) in [6, 6.07) is 10.1. The van der Waals surface area contributed by atoms with Crippen molar-refractivity contribution < 1.29 is 4.79 Å². The molecule has 4 aliphatic rings. The van der Waals surface area contributed by atoms with Crippen molar-refractivity contribution in [1.29, 1.82) is 0 Å². The summed E-state index contributed by atoms with van der Waals surface area (Å²) in [4.78, 5) is 19.6. The number of carbonyl (C=O) groups excluding carboxylic acids is 1. The standard InChI is InChI=1S/C22H27N3OS/c1-25(22-10-15-7-16(11-22)9-17(8-15)12-22)13-20(26)24-21-23-19(14-27-21)18-5-3-2-4-6-18/h2-6,14-17H,7-13H2,1H3,(H,23,24,26). The fourth-order valence-corrected chi connectivity index (χ4v) is 6.88. The van der Waals surface area contributed by atoms with Gasteiger partial charge in [-0.3, -0.25) is 9.69 Å². The van der Waals surface area contributed by atoms with E-state index in [2.05, 4.69) is 22.2 Å². The lowest BCUT2D eigenvalue weighted by Gasteiger charge is -2.59. The molecule has 6 rings (SSSR count). The zero-order valence-electron chi connectivity index (χ0n) is 15.9. The first-order valence-corrected chi connectivity index (χ1v) is 11.0. The highest BCUT2D eigenvalue weighted by Crippen LogP contribution is 2.57. The number of rotatable bonds is 5. The van der Waals surface area contributed by atoms with Gasteiger partial charge in [-0.15, -0.1) is 11.3 Å². The van der Waals surface area contributed by atoms with E-state index in [4.69, 9.17) is 0 Å². The Morgan fingerprint density at radius 2 is 1.78 bits per heavy atom. The number of hydrogen-bond acceptors (Lipinski definition) is 4. The van der Waals surface area contributed by atoms with E-state index in [9.17, 15) is 4.79 Å². The molecular weight excluding hydrogens is 354 g/mol. The predicted molar refractivity (Wildman–Crippen MR) is 110 cm³/mol. The van der Waals surface area contributed by atoms with Crippen LogP contribution in [0.5, 0.6) is 0 Å². The van der Waals surface area contributed by atoms with Crippen LogP contribution in [0.25, 0.3) is 11.3 Å². The maximum absolute atomic E-state index is 12.7. The molecule has 27 heavy (non-hydrogen) atoms. The van der Waals surface area contributed by atoms with Crippen LogP contribution in [-0.4, -0.2) is 34.9 Å². The SMILES string of the molecule is CN(CC(=O)Nc1nc(-c2ccccc2)cs1)C12CC3CC(CC(C3)C1)C2. The first-order valence-electron chi connectivity index (χ1n) is 10.1. The molecule has 4 saturated carbocycles. The maximum atomic E-state index is 12.7. The lowest BCUT2D eigenvalue weighted by atomic mass is 9.52. The number of anilines is 1. The van der Waals surface area contributed by atoms with Gasteiger partial charge in [0.2, 0.25) is 5.91 Å². The number of nitrogens with one attached hydrogen (secondary N) is 1. The number of thiazole rings is 1. The van der Waals surface area contributed by atoms with Crippen molar-refractivity contribution in [2.75, 3.05) is 18.9 Å². The quantitative estimate of drug-likeness (QED) is 0.820. The van der Waals surface area contributed by atoms with Crippen molar-refractivity contribution in [2.24, 2.45) is 17.8 Å². The first-order chi connectivity index (χ1) is 13.1. The van der Waals surface area contributed by atoms with E-state index in [0.29, 0.717) is 11.7 Å². The Morgan fingerprint density at radius 3 is 2.41 bits per heavy atom. The second-order valence-electron chi connectivity index (χ2n) is 8.95. The van der Waals surface area contributed by atoms with Crippen LogP contribution in [-0.2, 0) is 4.79 Å². The number of benzene rings is 1. The van der Waals surface area contributed by atoms with Gasteiger partial charge in [0.15, 0.2) is 5.13 Å². The highest BCUT2D eigenvalue weighted by Gasteiger charge is 2.52. The molecule has 0 saturated heterocycles. The van der Waals surface area contributed by atoms with E-state index in [1.807, 2.05) is 35.7 Å². The summed E-state index contributed by atoms with van der Waals surface area (Å²) in [5.41, 5.74) is 2.27. The molecule has 4 bridgehead atoms. The van der Waals surface area contributed by atoms with Gasteiger partial charge in [0, 0.05) is 16.5 Å². The lowest BCUT2D eigenvalue weighted by molar-refractivity contribution is -0.123. The van der Waals surface area contributed by atoms with Crippen molar-refractivity contribution in [3.8, 4) is 11.3 Å². The van der Waals surface area contributed by atoms with E-state index in [1.54, 1.807) is 0 Å². The van der Waals surface area contributed by atoms with Gasteiger partial charge >= 0.3 is 0 Å². The largest absolute Gasteiger partial charge is 0.301 e. The molecular formula is C22H27N3OS. The van der Waals surface area contributed by atoms with E-state index >= 15 is 0 Å². The minimum absolute atomic E-state index is 0.0576. The summed E-state index contributed by atoms with van der Waals surface area (Å²) >= 11 is 1.50. The highest BCUT2D eigenvalue weighted by atomic mass is 32.1. The average Bonchev–Trinajstić information content (AvgIpc) is 3.09. The van der Waals surface area contributed by atoms with E-state index in [0.717, 1.165) is 29.0 Å². The molecule has 1 amide bonds. The summed E-state index contributed by atoms with van der Waals surface area (Å²) in [5, 5.41) is 5.72. The Morgan fingerprint density at radius 1 is 1.15 bits per heavy atom. The topological polar surface area (TPSA) is 45.2 Å². The van der Waals surface area contributed by atoms with Crippen LogP contribution >= 0.6 is 11.3 Å². The predicted octanol–water partition coefficient (Wildman–Crippen LogP) is 4.65. The number of aromatic nitrogens is 1. The van der Waals surface area contributed by atoms with E-state index < -0.39 is 0 Å². The molecule has 0 radical (unpaired) electrons. The van der Waals surface area contributed by atoms with Gasteiger partial charge in [-0.05, 0) is 63.3 Å². The van der Waals surface area contributed by atoms with Gasteiger partial charge in [-0.1, -0.05) is 30.3 Å². The monoisotopic (exact) mass is 381 g/mol. The van der Waals surface area contributed by atoms with Crippen LogP contribution in [0.15, 0.2) is 35.7 Å². The van der Waals surface area contributed by atoms with Crippen LogP contribution < -0.4 is 5.32 Å². The zero-order valence-corrected chi connectivity index (χ0v) is 16.7. The highest BCUT2D eigenvalue weighted by molar-refractivity contribution is 7.14. The van der Waals surface area contributed by atoms with Crippen LogP contribution in [0.4, 0.5) is 5.13 Å². The second kappa shape index (κ2) is 6.71. The van der Waals surface area contributed by atoms with Gasteiger partial charge in [0.25, 0.3) is 0 Å². The third-order valence-corrected chi connectivity index (χ3v) is 7.77. The number of carbonyl (C=O) groups is 1. The molecule has 142 valence electrons. The molecule has 0 aliphatic heterocycles. The van der Waals surface area contributed by atoms with Crippen LogP contribution in [0.2, 0.25) is 0 Å². The third-order valence-electron chi connectivity index (χ3n) is 7.02. The smallest absolute Gasteiger partial charge is 0.240 e. The molecule has 5 heteroatoms. The average molecular weight is 382 g/mol. The number of nitrogens with zero attached hydrogens (tertiary/aromatic N) is 2. The van der Waals surface area contributed by atoms with Gasteiger partial charge in [0.05, 0.1) is 12.2 Å². The summed E-state index contributed by atoms with van der Waals surface area (Å²) in [6.45, 7) is 0.465. The molecule has 1 heterocycles. The second-order valence-corrected chi connectivity index (χ2v) is 9.81. The summed E-state index contributed by atoms with van der Waals surface area (Å²) in [7, 11) is 2.16. The molecule has 4 fully saturated rings. The summed E-state index contributed by atoms with van der Waals surface area (Å²) < 4.78 is 0. The van der Waals surface area contributed by atoms with Crippen LogP contribution in [0.1, 0.15) is 38.5 Å². The fraction of sp³-hybridized carbons (Fsp3) is 0.545. The number of likely N-dealkylation sites (N-methyl/N-ethyl adjacent to an activating group) is 1. The molecule has 0 unspecified atom stereocenters. The van der Waals surface area contributed by atoms with Crippen molar-refractivity contribution in [2.45, 2.75) is 44.1 Å². The zero-order chi connectivity index (χ0) is 18.4. The molecule has 0 atom stereocenters. The molecule has 0 spiro atoms. The molecule has 1 aromatic carbocycles. The van der Waals surface area contributed by atoms with Gasteiger partial charge in [-0.2, -0.15) is 0 Å². The lowest BCUT2D eigenvalue weighted by Crippen LogP contribution is -2.59. The molecule has 2 aromatic rings. The molecule has 1 aromatic heterocycles. The minimum Gasteiger partial charge on any atom is -0.301 e. The third kappa shape index (κ3) is 3.32. The molecule has 4 nitrogen and oxygen atoms in total. The minimum atomic E-state index is 0.0576. The number of amides is 1.